The molecule has 0 aromatic heterocycles. The van der Waals surface area contributed by atoms with Gasteiger partial charge in [-0.05, 0) is 52.5 Å². The van der Waals surface area contributed by atoms with Crippen LogP contribution in [0.25, 0.3) is 11.1 Å². The summed E-state index contributed by atoms with van der Waals surface area (Å²) in [5.41, 5.74) is 12.7. The van der Waals surface area contributed by atoms with Gasteiger partial charge in [-0.3, -0.25) is 4.79 Å². The predicted octanol–water partition coefficient (Wildman–Crippen LogP) is 2.30. The van der Waals surface area contributed by atoms with Crippen molar-refractivity contribution in [2.24, 2.45) is 16.6 Å². The van der Waals surface area contributed by atoms with Crippen molar-refractivity contribution < 1.29 is 27.9 Å². The molecule has 0 saturated heterocycles. The van der Waals surface area contributed by atoms with Crippen molar-refractivity contribution in [3.8, 4) is 16.9 Å². The van der Waals surface area contributed by atoms with Crippen molar-refractivity contribution in [3.05, 3.63) is 84.4 Å². The summed E-state index contributed by atoms with van der Waals surface area (Å²) in [6.45, 7) is 0.644. The third-order valence-electron chi connectivity index (χ3n) is 5.05. The fourth-order valence-electron chi connectivity index (χ4n) is 3.28. The predicted molar refractivity (Wildman–Crippen MR) is 136 cm³/mol. The number of aliphatic carboxylic acids is 1. The first kappa shape index (κ1) is 26.5. The number of nitrogens with two attached hydrogens (primary N) is 2. The van der Waals surface area contributed by atoms with E-state index in [1.807, 2.05) is 30.3 Å². The highest BCUT2D eigenvalue weighted by Crippen LogP contribution is 2.21. The second kappa shape index (κ2) is 12.6. The van der Waals surface area contributed by atoms with Crippen LogP contribution in [0.15, 0.2) is 88.9 Å². The summed E-state index contributed by atoms with van der Waals surface area (Å²) in [5, 5.41) is 13.0. The molecular formula is C25H28N4O6S. The molecule has 0 spiro atoms. The Morgan fingerprint density at radius 3 is 2.17 bits per heavy atom. The van der Waals surface area contributed by atoms with Gasteiger partial charge in [-0.1, -0.05) is 54.6 Å². The van der Waals surface area contributed by atoms with E-state index in [1.54, 1.807) is 36.4 Å². The summed E-state index contributed by atoms with van der Waals surface area (Å²) in [5.74, 6) is -0.860. The van der Waals surface area contributed by atoms with Gasteiger partial charge in [-0.2, -0.15) is 4.72 Å². The molecule has 0 bridgehead atoms. The van der Waals surface area contributed by atoms with Crippen molar-refractivity contribution in [2.75, 3.05) is 13.2 Å². The fourth-order valence-corrected chi connectivity index (χ4v) is 4.47. The lowest BCUT2D eigenvalue weighted by Gasteiger charge is -2.16. The van der Waals surface area contributed by atoms with Crippen molar-refractivity contribution in [1.82, 2.24) is 4.72 Å². The Morgan fingerprint density at radius 2 is 1.56 bits per heavy atom. The Kier molecular flexibility index (Phi) is 9.25. The first-order valence-corrected chi connectivity index (χ1v) is 12.6. The van der Waals surface area contributed by atoms with Crippen LogP contribution >= 0.6 is 0 Å². The zero-order valence-corrected chi connectivity index (χ0v) is 20.2. The van der Waals surface area contributed by atoms with Crippen LogP contribution in [0.2, 0.25) is 0 Å². The number of oxime groups is 1. The number of hydrogen-bond acceptors (Lipinski definition) is 6. The molecule has 10 nitrogen and oxygen atoms in total. The molecular weight excluding hydrogens is 484 g/mol. The number of nitrogens with zero attached hydrogens (tertiary/aromatic N) is 1. The SMILES string of the molecule is NC(N)=NOCCCOc1ccc(C[C@H](NS(=O)(=O)c2ccc(-c3ccccc3)cc2)C(=O)O)cc1. The number of carboxylic acids is 1. The molecule has 0 heterocycles. The minimum atomic E-state index is -4.05. The van der Waals surface area contributed by atoms with Crippen molar-refractivity contribution in [1.29, 1.82) is 0 Å². The van der Waals surface area contributed by atoms with E-state index in [9.17, 15) is 18.3 Å². The van der Waals surface area contributed by atoms with Gasteiger partial charge in [0.2, 0.25) is 16.0 Å². The van der Waals surface area contributed by atoms with E-state index in [0.29, 0.717) is 24.3 Å². The Balaban J connectivity index is 1.57. The maximum Gasteiger partial charge on any atom is 0.322 e. The van der Waals surface area contributed by atoms with Crippen LogP contribution in [-0.2, 0) is 26.1 Å². The van der Waals surface area contributed by atoms with E-state index in [1.165, 1.54) is 12.1 Å². The van der Waals surface area contributed by atoms with E-state index >= 15 is 0 Å². The molecule has 36 heavy (non-hydrogen) atoms. The second-order valence-electron chi connectivity index (χ2n) is 7.80. The fraction of sp³-hybridized carbons (Fsp3) is 0.200. The van der Waals surface area contributed by atoms with Gasteiger partial charge in [0.15, 0.2) is 0 Å². The molecule has 0 amide bonds. The summed E-state index contributed by atoms with van der Waals surface area (Å²) in [6, 6.07) is 21.2. The Morgan fingerprint density at radius 1 is 0.917 bits per heavy atom. The Bertz CT molecular complexity index is 1260. The lowest BCUT2D eigenvalue weighted by atomic mass is 10.1. The van der Waals surface area contributed by atoms with Gasteiger partial charge >= 0.3 is 5.97 Å². The van der Waals surface area contributed by atoms with E-state index in [4.69, 9.17) is 21.0 Å². The number of carboxylic acid groups (broad SMARTS) is 1. The molecule has 1 atom stereocenters. The normalized spacial score (nSPS) is 11.9. The van der Waals surface area contributed by atoms with Gasteiger partial charge in [-0.25, -0.2) is 8.42 Å². The average Bonchev–Trinajstić information content (AvgIpc) is 2.87. The molecule has 0 aliphatic rings. The summed E-state index contributed by atoms with van der Waals surface area (Å²) in [6.07, 6.45) is 0.511. The first-order chi connectivity index (χ1) is 17.2. The number of nitrogens with one attached hydrogen (secondary N) is 1. The molecule has 3 aromatic carbocycles. The number of sulfonamides is 1. The van der Waals surface area contributed by atoms with Crippen LogP contribution in [0.5, 0.6) is 5.75 Å². The van der Waals surface area contributed by atoms with E-state index in [-0.39, 0.29) is 23.9 Å². The van der Waals surface area contributed by atoms with Crippen LogP contribution in [0.3, 0.4) is 0 Å². The van der Waals surface area contributed by atoms with Crippen LogP contribution in [0.4, 0.5) is 0 Å². The highest BCUT2D eigenvalue weighted by Gasteiger charge is 2.25. The number of rotatable bonds is 13. The summed E-state index contributed by atoms with van der Waals surface area (Å²) < 4.78 is 33.6. The van der Waals surface area contributed by atoms with Gasteiger partial charge in [0, 0.05) is 6.42 Å². The molecule has 0 fully saturated rings. The highest BCUT2D eigenvalue weighted by molar-refractivity contribution is 7.89. The topological polar surface area (TPSA) is 166 Å². The largest absolute Gasteiger partial charge is 0.493 e. The Labute approximate surface area is 209 Å². The smallest absolute Gasteiger partial charge is 0.322 e. The average molecular weight is 513 g/mol. The summed E-state index contributed by atoms with van der Waals surface area (Å²) in [7, 11) is -4.05. The van der Waals surface area contributed by atoms with Gasteiger partial charge in [-0.15, -0.1) is 0 Å². The lowest BCUT2D eigenvalue weighted by Crippen LogP contribution is -2.42. The molecule has 0 aliphatic heterocycles. The monoisotopic (exact) mass is 512 g/mol. The standard InChI is InChI=1S/C25H28N4O6S/c26-25(27)28-35-16-4-15-34-21-11-7-18(8-12-21)17-23(24(30)31)29-36(32,33)22-13-9-20(10-14-22)19-5-2-1-3-6-19/h1-3,5-14,23,29H,4,15-17H2,(H,30,31)(H4,26,27,28)/t23-/m0/s1. The van der Waals surface area contributed by atoms with Gasteiger partial charge in [0.05, 0.1) is 11.5 Å². The molecule has 0 radical (unpaired) electrons. The molecule has 0 saturated carbocycles. The van der Waals surface area contributed by atoms with E-state index in [2.05, 4.69) is 9.88 Å². The number of hydrogen-bond donors (Lipinski definition) is 4. The van der Waals surface area contributed by atoms with Crippen LogP contribution in [0, 0.1) is 0 Å². The van der Waals surface area contributed by atoms with Crippen LogP contribution in [0.1, 0.15) is 12.0 Å². The zero-order chi connectivity index (χ0) is 26.0. The molecule has 3 rings (SSSR count). The second-order valence-corrected chi connectivity index (χ2v) is 9.52. The van der Waals surface area contributed by atoms with Crippen LogP contribution < -0.4 is 20.9 Å². The molecule has 190 valence electrons. The number of guanidine groups is 1. The molecule has 0 unspecified atom stereocenters. The van der Waals surface area contributed by atoms with E-state index < -0.39 is 22.0 Å². The zero-order valence-electron chi connectivity index (χ0n) is 19.4. The summed E-state index contributed by atoms with van der Waals surface area (Å²) in [4.78, 5) is 16.6. The molecule has 6 N–H and O–H groups in total. The molecule has 3 aromatic rings. The van der Waals surface area contributed by atoms with Crippen molar-refractivity contribution >= 4 is 22.0 Å². The Hall–Kier alpha value is -4.09. The van der Waals surface area contributed by atoms with Gasteiger partial charge in [0.25, 0.3) is 0 Å². The third-order valence-corrected chi connectivity index (χ3v) is 6.54. The number of carbonyl (C=O) groups is 1. The summed E-state index contributed by atoms with van der Waals surface area (Å²) >= 11 is 0. The van der Waals surface area contributed by atoms with Crippen molar-refractivity contribution in [2.45, 2.75) is 23.8 Å². The van der Waals surface area contributed by atoms with E-state index in [0.717, 1.165) is 11.1 Å². The quantitative estimate of drug-likeness (QED) is 0.117. The minimum Gasteiger partial charge on any atom is -0.493 e. The lowest BCUT2D eigenvalue weighted by molar-refractivity contribution is -0.138. The highest BCUT2D eigenvalue weighted by atomic mass is 32.2. The van der Waals surface area contributed by atoms with Gasteiger partial charge in [0.1, 0.15) is 18.4 Å². The van der Waals surface area contributed by atoms with Crippen molar-refractivity contribution in [3.63, 3.8) is 0 Å². The number of benzene rings is 3. The van der Waals surface area contributed by atoms with Gasteiger partial charge < -0.3 is 26.1 Å². The molecule has 0 aliphatic carbocycles. The number of ether oxygens (including phenoxy) is 1. The first-order valence-electron chi connectivity index (χ1n) is 11.1. The molecule has 11 heteroatoms. The third kappa shape index (κ3) is 8.00. The maximum atomic E-state index is 12.8. The minimum absolute atomic E-state index is 0.0130. The van der Waals surface area contributed by atoms with Crippen LogP contribution in [-0.4, -0.2) is 44.7 Å². The maximum absolute atomic E-state index is 12.8.